The van der Waals surface area contributed by atoms with Crippen molar-refractivity contribution in [2.75, 3.05) is 40.9 Å². The summed E-state index contributed by atoms with van der Waals surface area (Å²) in [5.41, 5.74) is 0.966. The van der Waals surface area contributed by atoms with Crippen LogP contribution >= 0.6 is 0 Å². The van der Waals surface area contributed by atoms with Crippen LogP contribution in [-0.4, -0.2) is 56.6 Å². The first-order valence-electron chi connectivity index (χ1n) is 8.42. The number of likely N-dealkylation sites (N-methyl/N-ethyl adjacent to an activating group) is 2. The molecule has 0 saturated heterocycles. The van der Waals surface area contributed by atoms with Crippen molar-refractivity contribution in [3.63, 3.8) is 0 Å². The van der Waals surface area contributed by atoms with Gasteiger partial charge in [0.1, 0.15) is 23.9 Å². The molecule has 0 aliphatic heterocycles. The minimum atomic E-state index is -0.293. The van der Waals surface area contributed by atoms with Crippen LogP contribution in [-0.2, 0) is 11.3 Å². The van der Waals surface area contributed by atoms with Gasteiger partial charge in [0.15, 0.2) is 0 Å². The zero-order chi connectivity index (χ0) is 18.9. The SMILES string of the molecule is COc1ccccc1CN(C)C(=O)CN(C)CCOc1ccc(F)cc1. The van der Waals surface area contributed by atoms with Crippen LogP contribution in [0.15, 0.2) is 48.5 Å². The Morgan fingerprint density at radius 1 is 1.08 bits per heavy atom. The molecule has 140 valence electrons. The maximum atomic E-state index is 12.8. The van der Waals surface area contributed by atoms with E-state index < -0.39 is 0 Å². The van der Waals surface area contributed by atoms with E-state index in [1.165, 1.54) is 12.1 Å². The predicted octanol–water partition coefficient (Wildman–Crippen LogP) is 2.80. The molecule has 2 aromatic carbocycles. The van der Waals surface area contributed by atoms with Crippen molar-refractivity contribution < 1.29 is 18.7 Å². The van der Waals surface area contributed by atoms with Crippen molar-refractivity contribution in [2.24, 2.45) is 0 Å². The van der Waals surface area contributed by atoms with Gasteiger partial charge < -0.3 is 14.4 Å². The number of halogens is 1. The first-order valence-corrected chi connectivity index (χ1v) is 8.42. The van der Waals surface area contributed by atoms with E-state index in [4.69, 9.17) is 9.47 Å². The van der Waals surface area contributed by atoms with Gasteiger partial charge in [0.25, 0.3) is 0 Å². The normalized spacial score (nSPS) is 10.7. The molecule has 2 rings (SSSR count). The van der Waals surface area contributed by atoms with Crippen molar-refractivity contribution in [1.82, 2.24) is 9.80 Å². The summed E-state index contributed by atoms with van der Waals surface area (Å²) in [5, 5.41) is 0. The van der Waals surface area contributed by atoms with Crippen molar-refractivity contribution in [2.45, 2.75) is 6.54 Å². The maximum absolute atomic E-state index is 12.8. The summed E-state index contributed by atoms with van der Waals surface area (Å²) >= 11 is 0. The lowest BCUT2D eigenvalue weighted by molar-refractivity contribution is -0.131. The number of hydrogen-bond acceptors (Lipinski definition) is 4. The predicted molar refractivity (Wildman–Crippen MR) is 98.9 cm³/mol. The van der Waals surface area contributed by atoms with Crippen molar-refractivity contribution >= 4 is 5.91 Å². The molecule has 2 aromatic rings. The van der Waals surface area contributed by atoms with E-state index in [2.05, 4.69) is 0 Å². The second-order valence-electron chi connectivity index (χ2n) is 6.10. The van der Waals surface area contributed by atoms with E-state index in [1.807, 2.05) is 36.2 Å². The summed E-state index contributed by atoms with van der Waals surface area (Å²) in [6.45, 7) is 1.79. The lowest BCUT2D eigenvalue weighted by Crippen LogP contribution is -2.37. The monoisotopic (exact) mass is 360 g/mol. The summed E-state index contributed by atoms with van der Waals surface area (Å²) in [7, 11) is 5.26. The highest BCUT2D eigenvalue weighted by Crippen LogP contribution is 2.18. The number of benzene rings is 2. The summed E-state index contributed by atoms with van der Waals surface area (Å²) in [6, 6.07) is 13.5. The Hall–Kier alpha value is -2.60. The zero-order valence-corrected chi connectivity index (χ0v) is 15.4. The van der Waals surface area contributed by atoms with Crippen LogP contribution in [0.1, 0.15) is 5.56 Å². The first kappa shape index (κ1) is 19.7. The number of amides is 1. The van der Waals surface area contributed by atoms with Gasteiger partial charge in [0, 0.05) is 25.7 Å². The van der Waals surface area contributed by atoms with Crippen molar-refractivity contribution in [3.05, 3.63) is 59.9 Å². The summed E-state index contributed by atoms with van der Waals surface area (Å²) in [4.78, 5) is 16.0. The van der Waals surface area contributed by atoms with Crippen molar-refractivity contribution in [3.8, 4) is 11.5 Å². The molecular formula is C20H25FN2O3. The molecule has 0 N–H and O–H groups in total. The van der Waals surface area contributed by atoms with Gasteiger partial charge in [-0.2, -0.15) is 0 Å². The Labute approximate surface area is 153 Å². The number of nitrogens with zero attached hydrogens (tertiary/aromatic N) is 2. The van der Waals surface area contributed by atoms with E-state index in [0.717, 1.165) is 11.3 Å². The summed E-state index contributed by atoms with van der Waals surface area (Å²) < 4.78 is 23.7. The number of carbonyl (C=O) groups is 1. The number of rotatable bonds is 9. The van der Waals surface area contributed by atoms with E-state index in [9.17, 15) is 9.18 Å². The number of para-hydroxylation sites is 1. The fraction of sp³-hybridized carbons (Fsp3) is 0.350. The molecule has 0 bridgehead atoms. The molecule has 0 aromatic heterocycles. The van der Waals surface area contributed by atoms with Crippen LogP contribution in [0.3, 0.4) is 0 Å². The van der Waals surface area contributed by atoms with E-state index in [0.29, 0.717) is 32.0 Å². The summed E-state index contributed by atoms with van der Waals surface area (Å²) in [6.07, 6.45) is 0. The van der Waals surface area contributed by atoms with E-state index in [1.54, 1.807) is 31.2 Å². The van der Waals surface area contributed by atoms with Crippen LogP contribution in [0.2, 0.25) is 0 Å². The summed E-state index contributed by atoms with van der Waals surface area (Å²) in [5.74, 6) is 1.10. The minimum absolute atomic E-state index is 0.0141. The van der Waals surface area contributed by atoms with Gasteiger partial charge in [0.05, 0.1) is 13.7 Å². The fourth-order valence-corrected chi connectivity index (χ4v) is 2.46. The molecule has 0 aliphatic carbocycles. The number of ether oxygens (including phenoxy) is 2. The third-order valence-electron chi connectivity index (χ3n) is 3.99. The van der Waals surface area contributed by atoms with Crippen LogP contribution in [0.25, 0.3) is 0 Å². The third kappa shape index (κ3) is 6.04. The molecule has 0 heterocycles. The van der Waals surface area contributed by atoms with Crippen LogP contribution < -0.4 is 9.47 Å². The number of hydrogen-bond donors (Lipinski definition) is 0. The van der Waals surface area contributed by atoms with Gasteiger partial charge in [-0.25, -0.2) is 4.39 Å². The van der Waals surface area contributed by atoms with Gasteiger partial charge in [0.2, 0.25) is 5.91 Å². The average Bonchev–Trinajstić information content (AvgIpc) is 2.63. The highest BCUT2D eigenvalue weighted by molar-refractivity contribution is 5.78. The Balaban J connectivity index is 1.76. The molecule has 0 saturated carbocycles. The minimum Gasteiger partial charge on any atom is -0.496 e. The maximum Gasteiger partial charge on any atom is 0.236 e. The molecule has 5 nitrogen and oxygen atoms in total. The number of methoxy groups -OCH3 is 1. The molecule has 0 atom stereocenters. The Bertz CT molecular complexity index is 706. The molecule has 0 spiro atoms. The highest BCUT2D eigenvalue weighted by atomic mass is 19.1. The largest absolute Gasteiger partial charge is 0.496 e. The van der Waals surface area contributed by atoms with Gasteiger partial charge in [-0.05, 0) is 37.4 Å². The molecular weight excluding hydrogens is 335 g/mol. The first-order chi connectivity index (χ1) is 12.5. The van der Waals surface area contributed by atoms with Crippen LogP contribution in [0.4, 0.5) is 4.39 Å². The van der Waals surface area contributed by atoms with Gasteiger partial charge in [-0.3, -0.25) is 9.69 Å². The van der Waals surface area contributed by atoms with Crippen molar-refractivity contribution in [1.29, 1.82) is 0 Å². The second kappa shape index (κ2) is 9.77. The highest BCUT2D eigenvalue weighted by Gasteiger charge is 2.14. The topological polar surface area (TPSA) is 42.0 Å². The van der Waals surface area contributed by atoms with Gasteiger partial charge >= 0.3 is 0 Å². The van der Waals surface area contributed by atoms with E-state index in [-0.39, 0.29) is 11.7 Å². The molecule has 0 fully saturated rings. The Morgan fingerprint density at radius 3 is 2.46 bits per heavy atom. The lowest BCUT2D eigenvalue weighted by atomic mass is 10.2. The average molecular weight is 360 g/mol. The van der Waals surface area contributed by atoms with Crippen LogP contribution in [0, 0.1) is 5.82 Å². The van der Waals surface area contributed by atoms with Crippen LogP contribution in [0.5, 0.6) is 11.5 Å². The molecule has 6 heteroatoms. The standard InChI is InChI=1S/C20H25FN2O3/c1-22(12-13-26-18-10-8-17(21)9-11-18)15-20(24)23(2)14-16-6-4-5-7-19(16)25-3/h4-11H,12-15H2,1-3H3. The molecule has 0 unspecified atom stereocenters. The molecule has 0 aliphatic rings. The Kier molecular flexibility index (Phi) is 7.41. The smallest absolute Gasteiger partial charge is 0.236 e. The fourth-order valence-electron chi connectivity index (χ4n) is 2.46. The second-order valence-corrected chi connectivity index (χ2v) is 6.10. The Morgan fingerprint density at radius 2 is 1.77 bits per heavy atom. The quantitative estimate of drug-likeness (QED) is 0.690. The molecule has 0 radical (unpaired) electrons. The third-order valence-corrected chi connectivity index (χ3v) is 3.99. The zero-order valence-electron chi connectivity index (χ0n) is 15.4. The lowest BCUT2D eigenvalue weighted by Gasteiger charge is -2.22. The van der Waals surface area contributed by atoms with E-state index >= 15 is 0 Å². The number of carbonyl (C=O) groups excluding carboxylic acids is 1. The molecule has 1 amide bonds. The van der Waals surface area contributed by atoms with Gasteiger partial charge in [-0.15, -0.1) is 0 Å². The molecule has 26 heavy (non-hydrogen) atoms. The van der Waals surface area contributed by atoms with Gasteiger partial charge in [-0.1, -0.05) is 18.2 Å².